The highest BCUT2D eigenvalue weighted by molar-refractivity contribution is 6.45. The van der Waals surface area contributed by atoms with E-state index in [-0.39, 0.29) is 10.9 Å². The van der Waals surface area contributed by atoms with Crippen LogP contribution in [0.4, 0.5) is 5.69 Å². The van der Waals surface area contributed by atoms with Crippen molar-refractivity contribution in [2.45, 2.75) is 0 Å². The summed E-state index contributed by atoms with van der Waals surface area (Å²) in [6.45, 7) is 0.377. The third kappa shape index (κ3) is 1.36. The second-order valence-corrected chi connectivity index (χ2v) is 3.44. The zero-order valence-corrected chi connectivity index (χ0v) is 8.16. The van der Waals surface area contributed by atoms with E-state index >= 15 is 0 Å². The van der Waals surface area contributed by atoms with Gasteiger partial charge in [-0.25, -0.2) is 0 Å². The SMILES string of the molecule is NC1=C(Cl)C(=O)N(c2ccccc2)C1. The Morgan fingerprint density at radius 2 is 1.93 bits per heavy atom. The molecule has 1 aliphatic heterocycles. The Bertz CT molecular complexity index is 400. The summed E-state index contributed by atoms with van der Waals surface area (Å²) in [5, 5.41) is 0.133. The van der Waals surface area contributed by atoms with E-state index in [9.17, 15) is 4.79 Å². The van der Waals surface area contributed by atoms with E-state index in [1.165, 1.54) is 0 Å². The number of nitrogens with zero attached hydrogens (tertiary/aromatic N) is 1. The fraction of sp³-hybridized carbons (Fsp3) is 0.100. The summed E-state index contributed by atoms with van der Waals surface area (Å²) >= 11 is 5.72. The van der Waals surface area contributed by atoms with Crippen LogP contribution in [0.5, 0.6) is 0 Å². The molecule has 0 aromatic heterocycles. The molecule has 1 aromatic carbocycles. The number of halogens is 1. The first kappa shape index (κ1) is 9.09. The van der Waals surface area contributed by atoms with Crippen molar-refractivity contribution in [1.29, 1.82) is 0 Å². The molecule has 0 unspecified atom stereocenters. The molecule has 0 fully saturated rings. The molecule has 0 bridgehead atoms. The van der Waals surface area contributed by atoms with Crippen LogP contribution in [-0.4, -0.2) is 12.5 Å². The van der Waals surface area contributed by atoms with Gasteiger partial charge < -0.3 is 10.6 Å². The summed E-state index contributed by atoms with van der Waals surface area (Å²) in [6, 6.07) is 9.32. The molecule has 4 heteroatoms. The van der Waals surface area contributed by atoms with E-state index in [1.54, 1.807) is 4.90 Å². The molecule has 0 atom stereocenters. The first-order chi connectivity index (χ1) is 6.70. The van der Waals surface area contributed by atoms with Crippen molar-refractivity contribution in [1.82, 2.24) is 0 Å². The van der Waals surface area contributed by atoms with Gasteiger partial charge in [0, 0.05) is 5.69 Å². The number of hydrogen-bond acceptors (Lipinski definition) is 2. The van der Waals surface area contributed by atoms with Crippen LogP contribution in [0.2, 0.25) is 0 Å². The Kier molecular flexibility index (Phi) is 2.17. The third-order valence-corrected chi connectivity index (χ3v) is 2.52. The average molecular weight is 209 g/mol. The maximum atomic E-state index is 11.6. The van der Waals surface area contributed by atoms with Crippen molar-refractivity contribution >= 4 is 23.2 Å². The van der Waals surface area contributed by atoms with Gasteiger partial charge in [-0.05, 0) is 12.1 Å². The Morgan fingerprint density at radius 3 is 2.43 bits per heavy atom. The van der Waals surface area contributed by atoms with Crippen molar-refractivity contribution in [3.8, 4) is 0 Å². The summed E-state index contributed by atoms with van der Waals surface area (Å²) < 4.78 is 0. The summed E-state index contributed by atoms with van der Waals surface area (Å²) in [7, 11) is 0. The van der Waals surface area contributed by atoms with Gasteiger partial charge in [-0.15, -0.1) is 0 Å². The molecule has 0 spiro atoms. The molecule has 3 nitrogen and oxygen atoms in total. The molecule has 0 radical (unpaired) electrons. The second kappa shape index (κ2) is 3.35. The molecule has 1 aliphatic rings. The van der Waals surface area contributed by atoms with E-state index in [2.05, 4.69) is 0 Å². The number of nitrogens with two attached hydrogens (primary N) is 1. The molecule has 0 saturated carbocycles. The fourth-order valence-corrected chi connectivity index (χ4v) is 1.55. The molecule has 2 rings (SSSR count). The van der Waals surface area contributed by atoms with E-state index in [0.717, 1.165) is 5.69 Å². The number of para-hydroxylation sites is 1. The van der Waals surface area contributed by atoms with Gasteiger partial charge in [-0.1, -0.05) is 29.8 Å². The molecule has 1 aromatic rings. The maximum absolute atomic E-state index is 11.6. The Balaban J connectivity index is 2.30. The Labute approximate surface area is 86.8 Å². The van der Waals surface area contributed by atoms with E-state index < -0.39 is 0 Å². The Hall–Kier alpha value is -1.48. The zero-order valence-electron chi connectivity index (χ0n) is 7.40. The smallest absolute Gasteiger partial charge is 0.271 e. The monoisotopic (exact) mass is 208 g/mol. The minimum absolute atomic E-state index is 0.133. The van der Waals surface area contributed by atoms with Gasteiger partial charge in [0.2, 0.25) is 0 Å². The molecule has 0 aliphatic carbocycles. The van der Waals surface area contributed by atoms with Crippen LogP contribution in [0.3, 0.4) is 0 Å². The summed E-state index contributed by atoms with van der Waals surface area (Å²) in [4.78, 5) is 13.1. The van der Waals surface area contributed by atoms with Crippen molar-refractivity contribution in [3.05, 3.63) is 41.1 Å². The fourth-order valence-electron chi connectivity index (χ4n) is 1.38. The molecular formula is C10H9ClN2O. The lowest BCUT2D eigenvalue weighted by Gasteiger charge is -2.15. The van der Waals surface area contributed by atoms with Gasteiger partial charge in [0.1, 0.15) is 5.03 Å². The van der Waals surface area contributed by atoms with Gasteiger partial charge >= 0.3 is 0 Å². The molecule has 14 heavy (non-hydrogen) atoms. The van der Waals surface area contributed by atoms with Crippen LogP contribution in [0.1, 0.15) is 0 Å². The number of amides is 1. The predicted molar refractivity (Wildman–Crippen MR) is 55.9 cm³/mol. The lowest BCUT2D eigenvalue weighted by molar-refractivity contribution is -0.114. The number of rotatable bonds is 1. The lowest BCUT2D eigenvalue weighted by Crippen LogP contribution is -2.26. The number of carbonyl (C=O) groups is 1. The van der Waals surface area contributed by atoms with Crippen LogP contribution in [0.25, 0.3) is 0 Å². The number of anilines is 1. The van der Waals surface area contributed by atoms with Crippen molar-refractivity contribution < 1.29 is 4.79 Å². The molecule has 1 amide bonds. The number of benzene rings is 1. The normalized spacial score (nSPS) is 16.6. The largest absolute Gasteiger partial charge is 0.399 e. The quantitative estimate of drug-likeness (QED) is 0.759. The van der Waals surface area contributed by atoms with E-state index in [4.69, 9.17) is 17.3 Å². The topological polar surface area (TPSA) is 46.3 Å². The van der Waals surface area contributed by atoms with Gasteiger partial charge in [0.25, 0.3) is 5.91 Å². The lowest BCUT2D eigenvalue weighted by atomic mass is 10.3. The van der Waals surface area contributed by atoms with E-state index in [0.29, 0.717) is 12.2 Å². The van der Waals surface area contributed by atoms with Crippen molar-refractivity contribution in [2.75, 3.05) is 11.4 Å². The zero-order chi connectivity index (χ0) is 10.1. The average Bonchev–Trinajstić information content (AvgIpc) is 2.47. The highest BCUT2D eigenvalue weighted by Crippen LogP contribution is 2.24. The second-order valence-electron chi connectivity index (χ2n) is 3.07. The highest BCUT2D eigenvalue weighted by atomic mass is 35.5. The van der Waals surface area contributed by atoms with Crippen LogP contribution in [-0.2, 0) is 4.79 Å². The maximum Gasteiger partial charge on any atom is 0.271 e. The van der Waals surface area contributed by atoms with Crippen LogP contribution in [0.15, 0.2) is 41.1 Å². The van der Waals surface area contributed by atoms with Crippen LogP contribution < -0.4 is 10.6 Å². The molecule has 72 valence electrons. The summed E-state index contributed by atoms with van der Waals surface area (Å²) in [5.41, 5.74) is 6.83. The Morgan fingerprint density at radius 1 is 1.29 bits per heavy atom. The summed E-state index contributed by atoms with van der Waals surface area (Å²) in [5.74, 6) is -0.227. The molecular weight excluding hydrogens is 200 g/mol. The third-order valence-electron chi connectivity index (χ3n) is 2.11. The van der Waals surface area contributed by atoms with Crippen molar-refractivity contribution in [3.63, 3.8) is 0 Å². The predicted octanol–water partition coefficient (Wildman–Crippen LogP) is 1.44. The minimum atomic E-state index is -0.227. The van der Waals surface area contributed by atoms with Crippen molar-refractivity contribution in [2.24, 2.45) is 5.73 Å². The van der Waals surface area contributed by atoms with E-state index in [1.807, 2.05) is 30.3 Å². The standard InChI is InChI=1S/C10H9ClN2O/c11-9-8(12)6-13(10(9)14)7-4-2-1-3-5-7/h1-5H,6,12H2. The van der Waals surface area contributed by atoms with Crippen LogP contribution in [0, 0.1) is 0 Å². The van der Waals surface area contributed by atoms with Crippen LogP contribution >= 0.6 is 11.6 Å². The van der Waals surface area contributed by atoms with Gasteiger partial charge in [0.15, 0.2) is 0 Å². The number of carbonyl (C=O) groups excluding carboxylic acids is 1. The van der Waals surface area contributed by atoms with Gasteiger partial charge in [-0.3, -0.25) is 4.79 Å². The first-order valence-corrected chi connectivity index (χ1v) is 4.59. The minimum Gasteiger partial charge on any atom is -0.399 e. The summed E-state index contributed by atoms with van der Waals surface area (Å²) in [6.07, 6.45) is 0. The number of hydrogen-bond donors (Lipinski definition) is 1. The van der Waals surface area contributed by atoms with Gasteiger partial charge in [-0.2, -0.15) is 0 Å². The highest BCUT2D eigenvalue weighted by Gasteiger charge is 2.28. The van der Waals surface area contributed by atoms with Gasteiger partial charge in [0.05, 0.1) is 12.2 Å². The molecule has 2 N–H and O–H groups in total. The first-order valence-electron chi connectivity index (χ1n) is 4.21. The molecule has 1 heterocycles. The molecule has 0 saturated heterocycles.